The van der Waals surface area contributed by atoms with E-state index in [9.17, 15) is 9.90 Å². The van der Waals surface area contributed by atoms with Gasteiger partial charge in [0.1, 0.15) is 5.75 Å². The molecule has 5 nitrogen and oxygen atoms in total. The summed E-state index contributed by atoms with van der Waals surface area (Å²) in [7, 11) is 0. The van der Waals surface area contributed by atoms with Crippen LogP contribution >= 0.6 is 0 Å². The van der Waals surface area contributed by atoms with E-state index >= 15 is 0 Å². The highest BCUT2D eigenvalue weighted by molar-refractivity contribution is 5.81. The third-order valence-corrected chi connectivity index (χ3v) is 3.16. The second kappa shape index (κ2) is 7.40. The van der Waals surface area contributed by atoms with E-state index in [-0.39, 0.29) is 11.7 Å². The summed E-state index contributed by atoms with van der Waals surface area (Å²) in [5, 5.41) is 12.0. The molecule has 4 N–H and O–H groups in total. The van der Waals surface area contributed by atoms with Crippen LogP contribution in [0.15, 0.2) is 48.8 Å². The van der Waals surface area contributed by atoms with Crippen molar-refractivity contribution in [1.82, 2.24) is 10.3 Å². The van der Waals surface area contributed by atoms with Gasteiger partial charge in [-0.25, -0.2) is 0 Å². The molecule has 1 amide bonds. The molecule has 110 valence electrons. The van der Waals surface area contributed by atoms with Crippen molar-refractivity contribution >= 4 is 5.91 Å². The van der Waals surface area contributed by atoms with Crippen molar-refractivity contribution in [3.8, 4) is 5.75 Å². The number of amides is 1. The zero-order valence-corrected chi connectivity index (χ0v) is 11.7. The molecular weight excluding hydrogens is 266 g/mol. The summed E-state index contributed by atoms with van der Waals surface area (Å²) in [6.45, 7) is 0.536. The number of nitrogens with two attached hydrogens (primary N) is 1. The molecule has 0 aliphatic rings. The van der Waals surface area contributed by atoms with Crippen LogP contribution in [0.4, 0.5) is 0 Å². The molecule has 1 aromatic carbocycles. The largest absolute Gasteiger partial charge is 0.508 e. The fourth-order valence-corrected chi connectivity index (χ4v) is 1.99. The number of aromatic hydroxyl groups is 1. The quantitative estimate of drug-likeness (QED) is 0.739. The van der Waals surface area contributed by atoms with Crippen molar-refractivity contribution in [3.05, 3.63) is 59.9 Å². The van der Waals surface area contributed by atoms with Crippen LogP contribution in [0.1, 0.15) is 11.1 Å². The number of nitrogens with one attached hydrogen (secondary N) is 1. The molecule has 0 spiro atoms. The normalized spacial score (nSPS) is 11.9. The fraction of sp³-hybridized carbons (Fsp3) is 0.250. The molecule has 1 aromatic heterocycles. The van der Waals surface area contributed by atoms with Crippen LogP contribution in [0, 0.1) is 0 Å². The number of phenols is 1. The molecule has 21 heavy (non-hydrogen) atoms. The number of carbonyl (C=O) groups excluding carboxylic acids is 1. The number of phenolic OH excluding ortho intramolecular Hbond substituents is 1. The Bertz CT molecular complexity index is 570. The Morgan fingerprint density at radius 2 is 2.00 bits per heavy atom. The molecule has 0 radical (unpaired) electrons. The van der Waals surface area contributed by atoms with Gasteiger partial charge in [0.05, 0.1) is 6.04 Å². The third kappa shape index (κ3) is 4.89. The molecule has 1 unspecified atom stereocenters. The summed E-state index contributed by atoms with van der Waals surface area (Å²) < 4.78 is 0. The van der Waals surface area contributed by atoms with Gasteiger partial charge in [-0.2, -0.15) is 0 Å². The highest BCUT2D eigenvalue weighted by Gasteiger charge is 2.13. The lowest BCUT2D eigenvalue weighted by Crippen LogP contribution is -2.42. The zero-order chi connectivity index (χ0) is 15.1. The lowest BCUT2D eigenvalue weighted by Gasteiger charge is -2.12. The van der Waals surface area contributed by atoms with Crippen LogP contribution in [0.2, 0.25) is 0 Å². The maximum atomic E-state index is 11.9. The maximum Gasteiger partial charge on any atom is 0.237 e. The van der Waals surface area contributed by atoms with Gasteiger partial charge in [-0.3, -0.25) is 9.78 Å². The molecule has 2 rings (SSSR count). The van der Waals surface area contributed by atoms with Gasteiger partial charge in [-0.1, -0.05) is 18.2 Å². The van der Waals surface area contributed by atoms with Crippen LogP contribution < -0.4 is 11.1 Å². The number of pyridine rings is 1. The van der Waals surface area contributed by atoms with E-state index in [1.165, 1.54) is 0 Å². The average Bonchev–Trinajstić information content (AvgIpc) is 2.50. The van der Waals surface area contributed by atoms with Crippen molar-refractivity contribution in [2.75, 3.05) is 6.54 Å². The smallest absolute Gasteiger partial charge is 0.237 e. The molecule has 0 saturated heterocycles. The molecule has 0 aliphatic carbocycles. The van der Waals surface area contributed by atoms with Gasteiger partial charge in [-0.15, -0.1) is 0 Å². The van der Waals surface area contributed by atoms with Gasteiger partial charge in [0.2, 0.25) is 5.91 Å². The highest BCUT2D eigenvalue weighted by atomic mass is 16.3. The Morgan fingerprint density at radius 3 is 2.67 bits per heavy atom. The van der Waals surface area contributed by atoms with Crippen LogP contribution in [-0.4, -0.2) is 28.6 Å². The van der Waals surface area contributed by atoms with Crippen molar-refractivity contribution in [2.24, 2.45) is 5.73 Å². The predicted molar refractivity (Wildman–Crippen MR) is 80.7 cm³/mol. The highest BCUT2D eigenvalue weighted by Crippen LogP contribution is 2.10. The first kappa shape index (κ1) is 15.0. The minimum Gasteiger partial charge on any atom is -0.508 e. The van der Waals surface area contributed by atoms with E-state index in [1.807, 2.05) is 12.1 Å². The second-order valence-corrected chi connectivity index (χ2v) is 4.88. The minimum absolute atomic E-state index is 0.174. The second-order valence-electron chi connectivity index (χ2n) is 4.88. The van der Waals surface area contributed by atoms with E-state index in [1.54, 1.807) is 36.7 Å². The number of aromatic nitrogens is 1. The maximum absolute atomic E-state index is 11.9. The standard InChI is InChI=1S/C16H19N3O2/c17-15(10-12-3-5-14(20)6-4-12)16(21)19-9-7-13-2-1-8-18-11-13/h1-6,8,11,15,20H,7,9-10,17H2,(H,19,21). The Morgan fingerprint density at radius 1 is 1.24 bits per heavy atom. The Balaban J connectivity index is 1.76. The monoisotopic (exact) mass is 285 g/mol. The minimum atomic E-state index is -0.594. The number of carbonyl (C=O) groups is 1. The average molecular weight is 285 g/mol. The summed E-state index contributed by atoms with van der Waals surface area (Å²) in [6, 6.07) is 9.94. The summed E-state index contributed by atoms with van der Waals surface area (Å²) >= 11 is 0. The lowest BCUT2D eigenvalue weighted by atomic mass is 10.1. The number of benzene rings is 1. The molecule has 1 heterocycles. The number of hydrogen-bond acceptors (Lipinski definition) is 4. The molecule has 0 saturated carbocycles. The first-order valence-electron chi connectivity index (χ1n) is 6.85. The Kier molecular flexibility index (Phi) is 5.29. The number of rotatable bonds is 6. The summed E-state index contributed by atoms with van der Waals surface area (Å²) in [5.74, 6) is 0.0280. The van der Waals surface area contributed by atoms with Crippen LogP contribution in [0.5, 0.6) is 5.75 Å². The van der Waals surface area contributed by atoms with Crippen molar-refractivity contribution in [2.45, 2.75) is 18.9 Å². The van der Waals surface area contributed by atoms with Gasteiger partial charge >= 0.3 is 0 Å². The van der Waals surface area contributed by atoms with Gasteiger partial charge in [0.25, 0.3) is 0 Å². The van der Waals surface area contributed by atoms with Crippen LogP contribution in [-0.2, 0) is 17.6 Å². The molecule has 2 aromatic rings. The number of nitrogens with zero attached hydrogens (tertiary/aromatic N) is 1. The molecular formula is C16H19N3O2. The van der Waals surface area contributed by atoms with Crippen LogP contribution in [0.3, 0.4) is 0 Å². The predicted octanol–water partition coefficient (Wildman–Crippen LogP) is 1.02. The van der Waals surface area contributed by atoms with Crippen LogP contribution in [0.25, 0.3) is 0 Å². The van der Waals surface area contributed by atoms with Crippen molar-refractivity contribution < 1.29 is 9.90 Å². The van der Waals surface area contributed by atoms with Crippen molar-refractivity contribution in [3.63, 3.8) is 0 Å². The number of hydrogen-bond donors (Lipinski definition) is 3. The van der Waals surface area contributed by atoms with Gasteiger partial charge < -0.3 is 16.2 Å². The molecule has 0 aliphatic heterocycles. The molecule has 1 atom stereocenters. The molecule has 0 bridgehead atoms. The van der Waals surface area contributed by atoms with Gasteiger partial charge in [0.15, 0.2) is 0 Å². The first-order chi connectivity index (χ1) is 10.1. The first-order valence-corrected chi connectivity index (χ1v) is 6.85. The van der Waals surface area contributed by atoms with E-state index in [0.29, 0.717) is 13.0 Å². The summed E-state index contributed by atoms with van der Waals surface area (Å²) in [5.41, 5.74) is 7.87. The van der Waals surface area contributed by atoms with Crippen molar-refractivity contribution in [1.29, 1.82) is 0 Å². The Hall–Kier alpha value is -2.40. The fourth-order valence-electron chi connectivity index (χ4n) is 1.99. The van der Waals surface area contributed by atoms with Gasteiger partial charge in [0, 0.05) is 18.9 Å². The molecule has 5 heteroatoms. The van der Waals surface area contributed by atoms with E-state index < -0.39 is 6.04 Å². The van der Waals surface area contributed by atoms with Gasteiger partial charge in [-0.05, 0) is 42.2 Å². The molecule has 0 fully saturated rings. The topological polar surface area (TPSA) is 88.2 Å². The Labute approximate surface area is 123 Å². The SMILES string of the molecule is NC(Cc1ccc(O)cc1)C(=O)NCCc1cccnc1. The summed E-state index contributed by atoms with van der Waals surface area (Å²) in [6.07, 6.45) is 4.67. The zero-order valence-electron chi connectivity index (χ0n) is 11.7. The lowest BCUT2D eigenvalue weighted by molar-refractivity contribution is -0.122. The summed E-state index contributed by atoms with van der Waals surface area (Å²) in [4.78, 5) is 15.9. The third-order valence-electron chi connectivity index (χ3n) is 3.16. The van der Waals surface area contributed by atoms with E-state index in [4.69, 9.17) is 5.73 Å². The van der Waals surface area contributed by atoms with E-state index in [2.05, 4.69) is 10.3 Å². The van der Waals surface area contributed by atoms with E-state index in [0.717, 1.165) is 17.5 Å².